The first-order valence-corrected chi connectivity index (χ1v) is 38.5. The molecule has 0 aliphatic carbocycles. The second-order valence-electron chi connectivity index (χ2n) is 27.6. The molecule has 572 valence electrons. The van der Waals surface area contributed by atoms with Gasteiger partial charge >= 0.3 is 0 Å². The fourth-order valence-corrected chi connectivity index (χ4v) is 14.2. The summed E-state index contributed by atoms with van der Waals surface area (Å²) in [6.07, 6.45) is 13.9. The van der Waals surface area contributed by atoms with Gasteiger partial charge in [0.1, 0.15) is 51.6 Å². The van der Waals surface area contributed by atoms with Gasteiger partial charge in [0, 0.05) is 78.3 Å². The molecule has 18 aromatic rings. The van der Waals surface area contributed by atoms with E-state index in [4.69, 9.17) is 29.9 Å². The number of halogens is 1. The SMILES string of the molecule is CCCCc1nc2c(Cc3ccccc3)nc(-c3ccc(O)cc3)cn2c1O.CCCc1nc2c(Cc3ccccc3)nc(-c3ccc(O)cc3)cn2c1O.Oc1ccc(-c2cn3c(O)c(-c4ccc(F)cc4)nc3c(Cc3ccccc3)n2)cc1.Oc1ccc(-c2cn3c(O)c(-c4cccs4)nc3c(Cc3ccccc3)n2)cc1. The third kappa shape index (κ3) is 17.3. The van der Waals surface area contributed by atoms with Gasteiger partial charge in [0.05, 0.1) is 50.4 Å². The number of nitrogens with zero attached hydrogens (tertiary/aromatic N) is 12. The van der Waals surface area contributed by atoms with Crippen molar-refractivity contribution in [3.05, 3.63) is 347 Å². The van der Waals surface area contributed by atoms with Crippen molar-refractivity contribution in [3.63, 3.8) is 0 Å². The summed E-state index contributed by atoms with van der Waals surface area (Å²) in [6, 6.07) is 77.3. The van der Waals surface area contributed by atoms with Gasteiger partial charge < -0.3 is 40.9 Å². The van der Waals surface area contributed by atoms with Crippen LogP contribution < -0.4 is 0 Å². The first kappa shape index (κ1) is 75.9. The predicted molar refractivity (Wildman–Crippen MR) is 445 cm³/mol. The van der Waals surface area contributed by atoms with Crippen molar-refractivity contribution in [3.8, 4) is 113 Å². The molecule has 8 N–H and O–H groups in total. The fraction of sp³-hybridized carbons (Fsp3) is 0.118. The zero-order chi connectivity index (χ0) is 79.5. The van der Waals surface area contributed by atoms with E-state index in [0.717, 1.165) is 104 Å². The third-order valence-corrected chi connectivity index (χ3v) is 20.3. The van der Waals surface area contributed by atoms with Crippen LogP contribution in [0.15, 0.2) is 285 Å². The molecule has 0 atom stereocenters. The van der Waals surface area contributed by atoms with Gasteiger partial charge in [-0.15, -0.1) is 11.3 Å². The minimum atomic E-state index is -0.354. The molecule has 0 unspecified atom stereocenters. The van der Waals surface area contributed by atoms with Crippen molar-refractivity contribution >= 4 is 33.9 Å². The van der Waals surface area contributed by atoms with E-state index in [1.165, 1.54) is 23.5 Å². The zero-order valence-corrected chi connectivity index (χ0v) is 63.5. The lowest BCUT2D eigenvalue weighted by atomic mass is 10.1. The Morgan fingerprint density at radius 3 is 0.913 bits per heavy atom. The fourth-order valence-electron chi connectivity index (χ4n) is 13.5. The maximum absolute atomic E-state index is 13.4. The Kier molecular flexibility index (Phi) is 22.7. The van der Waals surface area contributed by atoms with Crippen molar-refractivity contribution in [2.45, 2.75) is 71.6 Å². The Hall–Kier alpha value is -14.5. The topological polar surface area (TPSA) is 283 Å². The number of phenols is 4. The van der Waals surface area contributed by atoms with E-state index in [1.807, 2.05) is 157 Å². The van der Waals surface area contributed by atoms with Gasteiger partial charge in [0.15, 0.2) is 22.6 Å². The number of thiophene rings is 1. The quantitative estimate of drug-likeness (QED) is 0.0373. The van der Waals surface area contributed by atoms with Crippen LogP contribution in [0.4, 0.5) is 4.39 Å². The van der Waals surface area contributed by atoms with E-state index in [9.17, 15) is 45.2 Å². The summed E-state index contributed by atoms with van der Waals surface area (Å²) in [4.78, 5) is 39.0. The predicted octanol–water partition coefficient (Wildman–Crippen LogP) is 19.4. The molecule has 0 bridgehead atoms. The molecular weight excluding hydrogens is 1460 g/mol. The van der Waals surface area contributed by atoms with Gasteiger partial charge in [-0.2, -0.15) is 0 Å². The summed E-state index contributed by atoms with van der Waals surface area (Å²) in [5.41, 5.74) is 19.2. The maximum atomic E-state index is 13.4. The van der Waals surface area contributed by atoms with Crippen LogP contribution >= 0.6 is 11.3 Å². The standard InChI is InChI=1S/C25H18FN3O2.C23H17N3O2S.C23H23N3O2.C22H21N3O2/c26-19-10-6-18(7-11-19)23-25(31)29-15-22(17-8-12-20(30)13-9-17)27-21(24(29)28-23)14-16-4-2-1-3-5-16;27-17-10-8-16(9-11-17)19-14-26-22(18(24-19)13-15-5-2-1-3-6-15)25-21(23(26)28)20-7-4-12-29-20;1-2-3-9-19-23(28)26-15-21(17-10-12-18(27)13-11-17)24-20(22(26)25-19)14-16-7-5-4-6-8-16;1-2-6-18-22(27)25-14-20(16-9-11-17(26)12-10-16)23-19(21(25)24-18)13-15-7-4-3-5-8-15/h1-13,15,30-31H,14H2;1-12,14,27-28H,13H2;4-8,10-13,15,27-28H,2-3,9,14H2,1H3;3-5,7-12,14,26-27H,2,6,13H2,1H3. The molecule has 0 spiro atoms. The van der Waals surface area contributed by atoms with E-state index in [-0.39, 0.29) is 52.3 Å². The number of hydrogen-bond donors (Lipinski definition) is 8. The first-order chi connectivity index (χ1) is 56.1. The van der Waals surface area contributed by atoms with E-state index >= 15 is 0 Å². The summed E-state index contributed by atoms with van der Waals surface area (Å²) < 4.78 is 20.1. The number of hydrogen-bond acceptors (Lipinski definition) is 17. The average Bonchev–Trinajstić information content (AvgIpc) is 1.63. The van der Waals surface area contributed by atoms with Crippen molar-refractivity contribution < 1.29 is 45.2 Å². The number of phenolic OH excluding ortho intramolecular Hbond substituents is 4. The number of rotatable bonds is 19. The van der Waals surface area contributed by atoms with Crippen LogP contribution in [0.5, 0.6) is 46.5 Å². The molecule has 0 aliphatic rings. The molecule has 22 heteroatoms. The molecule has 0 saturated heterocycles. The highest BCUT2D eigenvalue weighted by molar-refractivity contribution is 7.13. The monoisotopic (exact) mass is 1540 g/mol. The van der Waals surface area contributed by atoms with Gasteiger partial charge in [0.25, 0.3) is 0 Å². The summed E-state index contributed by atoms with van der Waals surface area (Å²) in [7, 11) is 0. The average molecular weight is 1540 g/mol. The van der Waals surface area contributed by atoms with E-state index in [0.29, 0.717) is 100 Å². The van der Waals surface area contributed by atoms with Crippen LogP contribution in [0.1, 0.15) is 89.5 Å². The molecule has 9 heterocycles. The van der Waals surface area contributed by atoms with E-state index in [1.54, 1.807) is 109 Å². The summed E-state index contributed by atoms with van der Waals surface area (Å²) in [5.74, 6) is 0.833. The maximum Gasteiger partial charge on any atom is 0.225 e. The molecule has 9 aromatic heterocycles. The van der Waals surface area contributed by atoms with Gasteiger partial charge in [-0.05, 0) is 174 Å². The number of aryl methyl sites for hydroxylation is 2. The summed E-state index contributed by atoms with van der Waals surface area (Å²) in [6.45, 7) is 4.19. The second kappa shape index (κ2) is 34.4. The van der Waals surface area contributed by atoms with Crippen molar-refractivity contribution in [2.75, 3.05) is 0 Å². The first-order valence-electron chi connectivity index (χ1n) is 37.6. The van der Waals surface area contributed by atoms with E-state index in [2.05, 4.69) is 48.1 Å². The molecule has 0 amide bonds. The number of imidazole rings is 4. The molecule has 115 heavy (non-hydrogen) atoms. The Morgan fingerprint density at radius 1 is 0.287 bits per heavy atom. The van der Waals surface area contributed by atoms with Crippen molar-refractivity contribution in [1.82, 2.24) is 57.5 Å². The summed E-state index contributed by atoms with van der Waals surface area (Å²) in [5, 5.41) is 83.6. The lowest BCUT2D eigenvalue weighted by molar-refractivity contribution is 0.439. The van der Waals surface area contributed by atoms with Crippen LogP contribution in [0.2, 0.25) is 0 Å². The number of aromatic nitrogens is 12. The molecule has 20 nitrogen and oxygen atoms in total. The molecule has 0 saturated carbocycles. The van der Waals surface area contributed by atoms with Gasteiger partial charge in [-0.25, -0.2) is 44.3 Å². The highest BCUT2D eigenvalue weighted by atomic mass is 32.1. The van der Waals surface area contributed by atoms with Crippen LogP contribution in [-0.2, 0) is 38.5 Å². The van der Waals surface area contributed by atoms with Crippen LogP contribution in [0, 0.1) is 5.82 Å². The Labute approximate surface area is 665 Å². The summed E-state index contributed by atoms with van der Waals surface area (Å²) >= 11 is 1.53. The van der Waals surface area contributed by atoms with Crippen LogP contribution in [0.25, 0.3) is 89.4 Å². The highest BCUT2D eigenvalue weighted by Gasteiger charge is 2.24. The largest absolute Gasteiger partial charge is 0.508 e. The minimum absolute atomic E-state index is 0.0432. The number of fused-ring (bicyclic) bond motifs is 4. The Morgan fingerprint density at radius 2 is 0.591 bits per heavy atom. The van der Waals surface area contributed by atoms with Crippen molar-refractivity contribution in [2.24, 2.45) is 0 Å². The number of unbranched alkanes of at least 4 members (excludes halogenated alkanes) is 1. The molecule has 0 aliphatic heterocycles. The normalized spacial score (nSPS) is 11.2. The smallest absolute Gasteiger partial charge is 0.225 e. The Balaban J connectivity index is 0.000000121. The second-order valence-corrected chi connectivity index (χ2v) is 28.5. The third-order valence-electron chi connectivity index (χ3n) is 19.4. The van der Waals surface area contributed by atoms with Gasteiger partial charge in [-0.1, -0.05) is 154 Å². The molecule has 0 radical (unpaired) electrons. The molecule has 0 fully saturated rings. The molecule has 18 rings (SSSR count). The van der Waals surface area contributed by atoms with Gasteiger partial charge in [0.2, 0.25) is 23.5 Å². The Bertz CT molecular complexity index is 6350. The zero-order valence-electron chi connectivity index (χ0n) is 62.7. The number of benzene rings is 9. The lowest BCUT2D eigenvalue weighted by Gasteiger charge is -2.08. The molecule has 9 aromatic carbocycles. The minimum Gasteiger partial charge on any atom is -0.508 e. The van der Waals surface area contributed by atoms with E-state index < -0.39 is 0 Å². The van der Waals surface area contributed by atoms with Crippen LogP contribution in [-0.4, -0.2) is 98.3 Å². The van der Waals surface area contributed by atoms with Crippen LogP contribution in [0.3, 0.4) is 0 Å². The lowest BCUT2D eigenvalue weighted by Crippen LogP contribution is -2.00. The van der Waals surface area contributed by atoms with Crippen molar-refractivity contribution in [1.29, 1.82) is 0 Å². The highest BCUT2D eigenvalue weighted by Crippen LogP contribution is 2.38. The van der Waals surface area contributed by atoms with Gasteiger partial charge in [-0.3, -0.25) is 17.6 Å². The number of aromatic hydroxyl groups is 8. The molecular formula is C93H79FN12O8S.